The first-order valence-corrected chi connectivity index (χ1v) is 11.3. The van der Waals surface area contributed by atoms with Crippen LogP contribution in [0.15, 0.2) is 76.5 Å². The number of methoxy groups -OCH3 is 1. The summed E-state index contributed by atoms with van der Waals surface area (Å²) in [5.74, 6) is 5.21. The van der Waals surface area contributed by atoms with Crippen molar-refractivity contribution in [2.45, 2.75) is 9.79 Å². The molecule has 0 aromatic heterocycles. The molecule has 0 aliphatic heterocycles. The fourth-order valence-electron chi connectivity index (χ4n) is 2.97. The number of rotatable bonds is 8. The van der Waals surface area contributed by atoms with Gasteiger partial charge in [-0.25, -0.2) is 4.79 Å². The van der Waals surface area contributed by atoms with Gasteiger partial charge in [-0.05, 0) is 54.5 Å². The molecule has 8 nitrogen and oxygen atoms in total. The van der Waals surface area contributed by atoms with E-state index in [1.165, 1.54) is 18.9 Å². The zero-order valence-electron chi connectivity index (χ0n) is 19.0. The van der Waals surface area contributed by atoms with Gasteiger partial charge in [-0.2, -0.15) is 0 Å². The minimum atomic E-state index is -0.593. The van der Waals surface area contributed by atoms with Gasteiger partial charge < -0.3 is 20.9 Å². The van der Waals surface area contributed by atoms with Gasteiger partial charge in [0, 0.05) is 39.4 Å². The van der Waals surface area contributed by atoms with Crippen LogP contribution in [-0.4, -0.2) is 38.0 Å². The number of anilines is 2. The molecule has 0 unspecified atom stereocenters. The van der Waals surface area contributed by atoms with Crippen LogP contribution in [0.5, 0.6) is 0 Å². The third kappa shape index (κ3) is 7.37. The summed E-state index contributed by atoms with van der Waals surface area (Å²) in [7, 11) is 1.52. The predicted molar refractivity (Wildman–Crippen MR) is 137 cm³/mol. The lowest BCUT2D eigenvalue weighted by molar-refractivity contribution is 0.0997. The van der Waals surface area contributed by atoms with Crippen molar-refractivity contribution < 1.29 is 19.1 Å². The molecule has 0 radical (unpaired) electrons. The number of primary amides is 1. The van der Waals surface area contributed by atoms with Crippen molar-refractivity contribution in [3.05, 3.63) is 83.4 Å². The highest BCUT2D eigenvalue weighted by atomic mass is 32.2. The summed E-state index contributed by atoms with van der Waals surface area (Å²) in [6.07, 6.45) is -0.593. The Morgan fingerprint density at radius 3 is 2.57 bits per heavy atom. The maximum absolute atomic E-state index is 11.8. The van der Waals surface area contributed by atoms with Gasteiger partial charge in [0.2, 0.25) is 5.91 Å². The molecule has 0 spiro atoms. The van der Waals surface area contributed by atoms with Crippen molar-refractivity contribution in [2.24, 2.45) is 5.73 Å². The molecule has 3 aromatic carbocycles. The molecule has 0 aliphatic carbocycles. The van der Waals surface area contributed by atoms with E-state index < -0.39 is 12.0 Å². The number of hydrogen-bond donors (Lipinski definition) is 4. The summed E-state index contributed by atoms with van der Waals surface area (Å²) >= 11 is 1.36. The van der Waals surface area contributed by atoms with E-state index in [0.29, 0.717) is 34.7 Å². The quantitative estimate of drug-likeness (QED) is 0.163. The number of nitrogens with two attached hydrogens (primary N) is 2. The summed E-state index contributed by atoms with van der Waals surface area (Å²) in [5.41, 5.74) is 14.1. The number of ether oxygens (including phenoxy) is 2. The van der Waals surface area contributed by atoms with Crippen LogP contribution in [-0.2, 0) is 9.47 Å². The standard InChI is InChI=1S/C26H24N4O4S/c1-33-13-14-34-26(32)30-18-6-4-5-17(15-18)9-12-22(27)20-11-10-19(16-23(20)28)35-24-8-3-2-7-21(24)25(29)31/h2-8,10-11,15-16,27H,13-14,28H2,1H3,(H2,29,31)(H,30,32). The molecule has 3 aromatic rings. The van der Waals surface area contributed by atoms with E-state index in [2.05, 4.69) is 17.2 Å². The van der Waals surface area contributed by atoms with E-state index in [4.69, 9.17) is 26.4 Å². The number of hydrogen-bond acceptors (Lipinski definition) is 7. The Balaban J connectivity index is 1.69. The van der Waals surface area contributed by atoms with Gasteiger partial charge in [-0.3, -0.25) is 15.5 Å². The van der Waals surface area contributed by atoms with Gasteiger partial charge in [-0.15, -0.1) is 0 Å². The molecule has 0 atom stereocenters. The maximum Gasteiger partial charge on any atom is 0.411 e. The molecule has 0 heterocycles. The van der Waals surface area contributed by atoms with Crippen molar-refractivity contribution in [1.82, 2.24) is 0 Å². The first-order valence-electron chi connectivity index (χ1n) is 10.5. The average Bonchev–Trinajstić information content (AvgIpc) is 2.83. The Kier molecular flexibility index (Phi) is 8.89. The monoisotopic (exact) mass is 488 g/mol. The highest BCUT2D eigenvalue weighted by molar-refractivity contribution is 7.99. The van der Waals surface area contributed by atoms with E-state index in [9.17, 15) is 9.59 Å². The Labute approximate surface area is 207 Å². The molecular formula is C26H24N4O4S. The Bertz CT molecular complexity index is 1310. The molecule has 0 bridgehead atoms. The summed E-state index contributed by atoms with van der Waals surface area (Å²) in [6.45, 7) is 0.458. The number of carbonyl (C=O) groups is 2. The van der Waals surface area contributed by atoms with Crippen LogP contribution in [0.3, 0.4) is 0 Å². The summed E-state index contributed by atoms with van der Waals surface area (Å²) in [4.78, 5) is 25.0. The van der Waals surface area contributed by atoms with Crippen molar-refractivity contribution in [2.75, 3.05) is 31.4 Å². The number of benzene rings is 3. The second-order valence-corrected chi connectivity index (χ2v) is 8.29. The van der Waals surface area contributed by atoms with Crippen LogP contribution in [0.4, 0.5) is 16.2 Å². The molecule has 6 N–H and O–H groups in total. The minimum absolute atomic E-state index is 0.0499. The normalized spacial score (nSPS) is 10.1. The van der Waals surface area contributed by atoms with Crippen molar-refractivity contribution >= 4 is 40.8 Å². The average molecular weight is 489 g/mol. The van der Waals surface area contributed by atoms with Crippen molar-refractivity contribution in [3.8, 4) is 11.8 Å². The molecule has 35 heavy (non-hydrogen) atoms. The summed E-state index contributed by atoms with van der Waals surface area (Å²) < 4.78 is 9.81. The van der Waals surface area contributed by atoms with Crippen molar-refractivity contribution in [3.63, 3.8) is 0 Å². The second-order valence-electron chi connectivity index (χ2n) is 7.17. The fraction of sp³-hybridized carbons (Fsp3) is 0.115. The van der Waals surface area contributed by atoms with Crippen LogP contribution in [0.2, 0.25) is 0 Å². The van der Waals surface area contributed by atoms with Gasteiger partial charge >= 0.3 is 6.09 Å². The van der Waals surface area contributed by atoms with Crippen LogP contribution >= 0.6 is 11.8 Å². The minimum Gasteiger partial charge on any atom is -0.447 e. The van der Waals surface area contributed by atoms with E-state index in [0.717, 1.165) is 9.79 Å². The first-order chi connectivity index (χ1) is 16.9. The van der Waals surface area contributed by atoms with Crippen LogP contribution < -0.4 is 16.8 Å². The molecule has 0 aliphatic rings. The summed E-state index contributed by atoms with van der Waals surface area (Å²) in [5, 5.41) is 11.0. The van der Waals surface area contributed by atoms with Crippen LogP contribution in [0.1, 0.15) is 21.5 Å². The lowest BCUT2D eigenvalue weighted by atomic mass is 10.1. The number of amides is 2. The fourth-order valence-corrected chi connectivity index (χ4v) is 3.97. The van der Waals surface area contributed by atoms with Gasteiger partial charge in [0.25, 0.3) is 0 Å². The Morgan fingerprint density at radius 1 is 1.03 bits per heavy atom. The Morgan fingerprint density at radius 2 is 1.83 bits per heavy atom. The molecule has 0 saturated heterocycles. The van der Waals surface area contributed by atoms with E-state index in [-0.39, 0.29) is 12.3 Å². The molecule has 178 valence electrons. The van der Waals surface area contributed by atoms with Crippen LogP contribution in [0, 0.1) is 17.3 Å². The van der Waals surface area contributed by atoms with Gasteiger partial charge in [0.05, 0.1) is 12.2 Å². The van der Waals surface area contributed by atoms with Gasteiger partial charge in [0.15, 0.2) is 0 Å². The third-order valence-electron chi connectivity index (χ3n) is 4.63. The van der Waals surface area contributed by atoms with E-state index >= 15 is 0 Å². The number of nitrogen functional groups attached to an aromatic ring is 1. The maximum atomic E-state index is 11.8. The van der Waals surface area contributed by atoms with Gasteiger partial charge in [0.1, 0.15) is 12.3 Å². The lowest BCUT2D eigenvalue weighted by Crippen LogP contribution is -2.16. The highest BCUT2D eigenvalue weighted by Gasteiger charge is 2.11. The molecular weight excluding hydrogens is 464 g/mol. The molecule has 0 fully saturated rings. The Hall–Kier alpha value is -4.26. The van der Waals surface area contributed by atoms with Crippen molar-refractivity contribution in [1.29, 1.82) is 5.41 Å². The summed E-state index contributed by atoms with van der Waals surface area (Å²) in [6, 6.07) is 19.2. The first kappa shape index (κ1) is 25.4. The SMILES string of the molecule is COCCOC(=O)Nc1cccc(C#CC(=N)c2ccc(Sc3ccccc3C(N)=O)cc2N)c1. The lowest BCUT2D eigenvalue weighted by Gasteiger charge is -2.09. The van der Waals surface area contributed by atoms with Gasteiger partial charge in [-0.1, -0.05) is 35.9 Å². The van der Waals surface area contributed by atoms with E-state index in [1.807, 2.05) is 18.2 Å². The van der Waals surface area contributed by atoms with Crippen LogP contribution in [0.25, 0.3) is 0 Å². The second kappa shape index (κ2) is 12.3. The predicted octanol–water partition coefficient (Wildman–Crippen LogP) is 4.13. The molecule has 2 amide bonds. The third-order valence-corrected chi connectivity index (χ3v) is 5.70. The zero-order valence-corrected chi connectivity index (χ0v) is 19.8. The molecule has 0 saturated carbocycles. The highest BCUT2D eigenvalue weighted by Crippen LogP contribution is 2.32. The largest absolute Gasteiger partial charge is 0.447 e. The zero-order chi connectivity index (χ0) is 25.2. The van der Waals surface area contributed by atoms with E-state index in [1.54, 1.807) is 48.5 Å². The number of carbonyl (C=O) groups excluding carboxylic acids is 2. The molecule has 3 rings (SSSR count). The smallest absolute Gasteiger partial charge is 0.411 e. The number of nitrogens with one attached hydrogen (secondary N) is 2. The topological polar surface area (TPSA) is 141 Å². The molecule has 9 heteroatoms.